The monoisotopic (exact) mass is 348 g/mol. The number of piperidine rings is 1. The lowest BCUT2D eigenvalue weighted by Gasteiger charge is -2.39. The van der Waals surface area contributed by atoms with E-state index in [0.29, 0.717) is 0 Å². The fourth-order valence-corrected chi connectivity index (χ4v) is 3.65. The maximum atomic E-state index is 6.18. The van der Waals surface area contributed by atoms with Crippen LogP contribution in [0.1, 0.15) is 19.8 Å². The summed E-state index contributed by atoms with van der Waals surface area (Å²) in [5.41, 5.74) is 6.13. The molecule has 0 spiro atoms. The largest absolute Gasteiger partial charge is 0.355 e. The maximum absolute atomic E-state index is 6.18. The van der Waals surface area contributed by atoms with E-state index < -0.39 is 0 Å². The number of halogens is 1. The predicted molar refractivity (Wildman–Crippen MR) is 96.2 cm³/mol. The Bertz CT molecular complexity index is 654. The molecule has 2 heterocycles. The number of anilines is 1. The molecule has 1 saturated heterocycles. The van der Waals surface area contributed by atoms with E-state index in [9.17, 15) is 0 Å². The van der Waals surface area contributed by atoms with Gasteiger partial charge in [0.2, 0.25) is 0 Å². The van der Waals surface area contributed by atoms with Crippen LogP contribution in [-0.4, -0.2) is 29.6 Å². The van der Waals surface area contributed by atoms with E-state index in [1.165, 1.54) is 11.8 Å². The molecule has 0 radical (unpaired) electrons. The Morgan fingerprint density at radius 3 is 2.57 bits per heavy atom. The van der Waals surface area contributed by atoms with Gasteiger partial charge in [0, 0.05) is 18.0 Å². The van der Waals surface area contributed by atoms with Gasteiger partial charge in [-0.1, -0.05) is 42.4 Å². The molecule has 2 N–H and O–H groups in total. The first-order valence-electron chi connectivity index (χ1n) is 7.79. The molecule has 4 nitrogen and oxygen atoms in total. The lowest BCUT2D eigenvalue weighted by Crippen LogP contribution is -2.42. The average molecular weight is 349 g/mol. The molecule has 0 unspecified atom stereocenters. The highest BCUT2D eigenvalue weighted by atomic mass is 35.5. The van der Waals surface area contributed by atoms with Crippen LogP contribution in [-0.2, 0) is 0 Å². The second kappa shape index (κ2) is 7.07. The normalized spacial score (nSPS) is 17.3. The number of nitrogens with two attached hydrogens (primary N) is 1. The molecule has 6 heteroatoms. The molecular formula is C17H21ClN4S. The van der Waals surface area contributed by atoms with Gasteiger partial charge < -0.3 is 10.6 Å². The van der Waals surface area contributed by atoms with Crippen molar-refractivity contribution >= 4 is 29.2 Å². The molecule has 0 atom stereocenters. The quantitative estimate of drug-likeness (QED) is 0.909. The van der Waals surface area contributed by atoms with Crippen LogP contribution < -0.4 is 10.6 Å². The first-order valence-corrected chi connectivity index (χ1v) is 8.98. The van der Waals surface area contributed by atoms with Gasteiger partial charge in [0.1, 0.15) is 10.8 Å². The van der Waals surface area contributed by atoms with Crippen LogP contribution in [0.3, 0.4) is 0 Å². The van der Waals surface area contributed by atoms with Crippen LogP contribution in [0.4, 0.5) is 5.82 Å². The molecule has 1 aliphatic rings. The molecule has 0 bridgehead atoms. The molecular weight excluding hydrogens is 328 g/mol. The summed E-state index contributed by atoms with van der Waals surface area (Å²) in [6, 6.07) is 7.76. The Labute approximate surface area is 146 Å². The zero-order valence-corrected chi connectivity index (χ0v) is 14.8. The van der Waals surface area contributed by atoms with Gasteiger partial charge in [0.25, 0.3) is 0 Å². The number of nitrogens with zero attached hydrogens (tertiary/aromatic N) is 3. The summed E-state index contributed by atoms with van der Waals surface area (Å²) in [6.07, 6.45) is 5.87. The van der Waals surface area contributed by atoms with Gasteiger partial charge in [0.15, 0.2) is 0 Å². The van der Waals surface area contributed by atoms with Crippen molar-refractivity contribution in [2.75, 3.05) is 24.5 Å². The Morgan fingerprint density at radius 1 is 1.22 bits per heavy atom. The Kier molecular flexibility index (Phi) is 5.09. The molecule has 1 fully saturated rings. The van der Waals surface area contributed by atoms with E-state index in [2.05, 4.69) is 21.8 Å². The Hall–Kier alpha value is -1.30. The number of aromatic nitrogens is 2. The van der Waals surface area contributed by atoms with Gasteiger partial charge in [-0.05, 0) is 36.9 Å². The summed E-state index contributed by atoms with van der Waals surface area (Å²) in [6.45, 7) is 4.98. The molecule has 2 aromatic rings. The van der Waals surface area contributed by atoms with Crippen LogP contribution >= 0.6 is 23.4 Å². The summed E-state index contributed by atoms with van der Waals surface area (Å²) < 4.78 is 0. The lowest BCUT2D eigenvalue weighted by molar-refractivity contribution is 0.258. The average Bonchev–Trinajstić information content (AvgIpc) is 2.59. The molecule has 1 aliphatic heterocycles. The van der Waals surface area contributed by atoms with Gasteiger partial charge >= 0.3 is 0 Å². The standard InChI is InChI=1S/C17H21ClN4S/c1-17(12-19)6-8-22(9-7-17)15-10-21-16(11-20-15)23-14-5-3-2-4-13(14)18/h2-5,10-11H,6-9,12,19H2,1H3. The van der Waals surface area contributed by atoms with Crippen LogP contribution in [0.15, 0.2) is 46.6 Å². The van der Waals surface area contributed by atoms with E-state index in [0.717, 1.165) is 53.2 Å². The van der Waals surface area contributed by atoms with Crippen molar-refractivity contribution in [1.29, 1.82) is 0 Å². The number of hydrogen-bond acceptors (Lipinski definition) is 5. The lowest BCUT2D eigenvalue weighted by atomic mass is 9.80. The molecule has 1 aromatic heterocycles. The van der Waals surface area contributed by atoms with Gasteiger partial charge in [-0.3, -0.25) is 0 Å². The van der Waals surface area contributed by atoms with Crippen LogP contribution in [0.25, 0.3) is 0 Å². The van der Waals surface area contributed by atoms with Crippen LogP contribution in [0.2, 0.25) is 5.02 Å². The minimum absolute atomic E-state index is 0.268. The summed E-state index contributed by atoms with van der Waals surface area (Å²) in [7, 11) is 0. The van der Waals surface area contributed by atoms with Crippen molar-refractivity contribution in [3.05, 3.63) is 41.7 Å². The molecule has 122 valence electrons. The predicted octanol–water partition coefficient (Wildman–Crippen LogP) is 3.85. The van der Waals surface area contributed by atoms with E-state index >= 15 is 0 Å². The highest BCUT2D eigenvalue weighted by Gasteiger charge is 2.29. The smallest absolute Gasteiger partial charge is 0.147 e. The van der Waals surface area contributed by atoms with Gasteiger partial charge in [-0.15, -0.1) is 0 Å². The second-order valence-electron chi connectivity index (χ2n) is 6.25. The zero-order valence-electron chi connectivity index (χ0n) is 13.2. The van der Waals surface area contributed by atoms with Crippen molar-refractivity contribution in [3.63, 3.8) is 0 Å². The minimum Gasteiger partial charge on any atom is -0.355 e. The number of benzene rings is 1. The molecule has 1 aromatic carbocycles. The Balaban J connectivity index is 1.65. The van der Waals surface area contributed by atoms with E-state index in [1.54, 1.807) is 0 Å². The summed E-state index contributed by atoms with van der Waals surface area (Å²) >= 11 is 7.71. The van der Waals surface area contributed by atoms with Crippen LogP contribution in [0.5, 0.6) is 0 Å². The van der Waals surface area contributed by atoms with Crippen molar-refractivity contribution in [2.24, 2.45) is 11.1 Å². The van der Waals surface area contributed by atoms with Crippen molar-refractivity contribution < 1.29 is 0 Å². The first kappa shape index (κ1) is 16.6. The fraction of sp³-hybridized carbons (Fsp3) is 0.412. The molecule has 0 amide bonds. The van der Waals surface area contributed by atoms with E-state index in [1.807, 2.05) is 36.7 Å². The van der Waals surface area contributed by atoms with E-state index in [-0.39, 0.29) is 5.41 Å². The fourth-order valence-electron chi connectivity index (χ4n) is 2.65. The summed E-state index contributed by atoms with van der Waals surface area (Å²) in [5.74, 6) is 0.938. The van der Waals surface area contributed by atoms with E-state index in [4.69, 9.17) is 17.3 Å². The third-order valence-corrected chi connectivity index (χ3v) is 5.89. The van der Waals surface area contributed by atoms with Crippen LogP contribution in [0, 0.1) is 5.41 Å². The maximum Gasteiger partial charge on any atom is 0.147 e. The molecule has 23 heavy (non-hydrogen) atoms. The van der Waals surface area contributed by atoms with Crippen molar-refractivity contribution in [1.82, 2.24) is 9.97 Å². The highest BCUT2D eigenvalue weighted by Crippen LogP contribution is 2.33. The number of hydrogen-bond donors (Lipinski definition) is 1. The zero-order chi connectivity index (χ0) is 16.3. The topological polar surface area (TPSA) is 55.0 Å². The molecule has 0 saturated carbocycles. The third-order valence-electron chi connectivity index (χ3n) is 4.45. The Morgan fingerprint density at radius 2 is 1.96 bits per heavy atom. The van der Waals surface area contributed by atoms with Gasteiger partial charge in [-0.2, -0.15) is 0 Å². The highest BCUT2D eigenvalue weighted by molar-refractivity contribution is 7.99. The van der Waals surface area contributed by atoms with Crippen molar-refractivity contribution in [2.45, 2.75) is 29.7 Å². The van der Waals surface area contributed by atoms with Gasteiger partial charge in [0.05, 0.1) is 17.4 Å². The molecule has 0 aliphatic carbocycles. The minimum atomic E-state index is 0.268. The summed E-state index contributed by atoms with van der Waals surface area (Å²) in [4.78, 5) is 12.4. The van der Waals surface area contributed by atoms with Crippen molar-refractivity contribution in [3.8, 4) is 0 Å². The first-order chi connectivity index (χ1) is 11.1. The second-order valence-corrected chi connectivity index (χ2v) is 7.72. The summed E-state index contributed by atoms with van der Waals surface area (Å²) in [5, 5.41) is 1.59. The SMILES string of the molecule is CC1(CN)CCN(c2cnc(Sc3ccccc3Cl)cn2)CC1. The van der Waals surface area contributed by atoms with Gasteiger partial charge in [-0.25, -0.2) is 9.97 Å². The third kappa shape index (κ3) is 3.97. The number of rotatable bonds is 4. The molecule has 3 rings (SSSR count).